The molecule has 0 heterocycles. The maximum atomic E-state index is 14.2. The summed E-state index contributed by atoms with van der Waals surface area (Å²) in [6.45, 7) is 0. The lowest BCUT2D eigenvalue weighted by Crippen LogP contribution is -2.07. The summed E-state index contributed by atoms with van der Waals surface area (Å²) in [6, 6.07) is 12.6. The van der Waals surface area contributed by atoms with Crippen LogP contribution in [0.3, 0.4) is 0 Å². The first-order valence-corrected chi connectivity index (χ1v) is 7.20. The van der Waals surface area contributed by atoms with E-state index in [9.17, 15) is 4.39 Å². The highest BCUT2D eigenvalue weighted by molar-refractivity contribution is 6.31. The van der Waals surface area contributed by atoms with Crippen LogP contribution in [0.25, 0.3) is 0 Å². The Labute approximate surface area is 128 Å². The molecule has 0 N–H and O–H groups in total. The molecule has 2 aromatic rings. The molecule has 0 aliphatic rings. The van der Waals surface area contributed by atoms with Crippen molar-refractivity contribution < 1.29 is 9.13 Å². The number of hydrogen-bond acceptors (Lipinski definition) is 1. The van der Waals surface area contributed by atoms with Crippen LogP contribution in [0.5, 0.6) is 5.75 Å². The van der Waals surface area contributed by atoms with Gasteiger partial charge < -0.3 is 4.74 Å². The van der Waals surface area contributed by atoms with Gasteiger partial charge in [0.15, 0.2) is 11.6 Å². The highest BCUT2D eigenvalue weighted by atomic mass is 35.5. The Hall–Kier alpha value is -1.25. The lowest BCUT2D eigenvalue weighted by molar-refractivity contribution is 0.383. The second-order valence-corrected chi connectivity index (χ2v) is 5.23. The fraction of sp³-hybridized carbons (Fsp3) is 0.250. The van der Waals surface area contributed by atoms with Gasteiger partial charge in [-0.25, -0.2) is 4.39 Å². The third kappa shape index (κ3) is 3.25. The zero-order valence-corrected chi connectivity index (χ0v) is 12.6. The van der Waals surface area contributed by atoms with Gasteiger partial charge >= 0.3 is 0 Å². The van der Waals surface area contributed by atoms with Crippen LogP contribution in [0.2, 0.25) is 5.02 Å². The van der Waals surface area contributed by atoms with Gasteiger partial charge in [0.05, 0.1) is 7.11 Å². The van der Waals surface area contributed by atoms with Gasteiger partial charge in [0.2, 0.25) is 0 Å². The Morgan fingerprint density at radius 2 is 1.90 bits per heavy atom. The van der Waals surface area contributed by atoms with Gasteiger partial charge in [-0.1, -0.05) is 41.9 Å². The zero-order chi connectivity index (χ0) is 14.5. The summed E-state index contributed by atoms with van der Waals surface area (Å²) >= 11 is 12.2. The van der Waals surface area contributed by atoms with E-state index in [1.54, 1.807) is 18.2 Å². The maximum absolute atomic E-state index is 14.2. The van der Waals surface area contributed by atoms with Gasteiger partial charge in [-0.05, 0) is 29.7 Å². The molecule has 0 aliphatic heterocycles. The second kappa shape index (κ2) is 6.96. The Kier molecular flexibility index (Phi) is 5.27. The molecule has 0 aliphatic carbocycles. The summed E-state index contributed by atoms with van der Waals surface area (Å²) in [5.74, 6) is 0.250. The van der Waals surface area contributed by atoms with E-state index in [-0.39, 0.29) is 17.5 Å². The van der Waals surface area contributed by atoms with Crippen molar-refractivity contribution in [3.63, 3.8) is 0 Å². The van der Waals surface area contributed by atoms with Gasteiger partial charge in [-0.15, -0.1) is 11.6 Å². The van der Waals surface area contributed by atoms with E-state index in [0.29, 0.717) is 22.9 Å². The molecule has 1 nitrogen and oxygen atoms in total. The summed E-state index contributed by atoms with van der Waals surface area (Å²) < 4.78 is 19.2. The molecule has 0 saturated carbocycles. The standard InChI is InChI=1S/C16H15Cl2FO/c1-20-15-8-4-5-11(16(15)19)9-12(10-17)13-6-2-3-7-14(13)18/h2-8,12H,9-10H2,1H3. The summed E-state index contributed by atoms with van der Waals surface area (Å²) in [7, 11) is 1.45. The van der Waals surface area contributed by atoms with Crippen molar-refractivity contribution in [2.75, 3.05) is 13.0 Å². The highest BCUT2D eigenvalue weighted by Gasteiger charge is 2.17. The maximum Gasteiger partial charge on any atom is 0.168 e. The van der Waals surface area contributed by atoms with Crippen molar-refractivity contribution >= 4 is 23.2 Å². The number of methoxy groups -OCH3 is 1. The van der Waals surface area contributed by atoms with Crippen molar-refractivity contribution in [1.29, 1.82) is 0 Å². The fourth-order valence-corrected chi connectivity index (χ4v) is 2.76. The van der Waals surface area contributed by atoms with Crippen LogP contribution < -0.4 is 4.74 Å². The molecule has 0 amide bonds. The van der Waals surface area contributed by atoms with Crippen LogP contribution >= 0.6 is 23.2 Å². The molecule has 0 fully saturated rings. The molecule has 0 aromatic heterocycles. The average Bonchev–Trinajstić information content (AvgIpc) is 2.47. The third-order valence-electron chi connectivity index (χ3n) is 3.26. The van der Waals surface area contributed by atoms with E-state index in [4.69, 9.17) is 27.9 Å². The molecule has 0 radical (unpaired) electrons. The summed E-state index contributed by atoms with van der Waals surface area (Å²) in [6.07, 6.45) is 0.482. The van der Waals surface area contributed by atoms with Crippen LogP contribution in [-0.4, -0.2) is 13.0 Å². The Morgan fingerprint density at radius 1 is 1.15 bits per heavy atom. The van der Waals surface area contributed by atoms with E-state index in [2.05, 4.69) is 0 Å². The smallest absolute Gasteiger partial charge is 0.168 e. The predicted octanol–water partition coefficient (Wildman–Crippen LogP) is 5.05. The fourth-order valence-electron chi connectivity index (χ4n) is 2.19. The quantitative estimate of drug-likeness (QED) is 0.702. The van der Waals surface area contributed by atoms with E-state index < -0.39 is 0 Å². The minimum Gasteiger partial charge on any atom is -0.494 e. The molecule has 0 bridgehead atoms. The van der Waals surface area contributed by atoms with Crippen molar-refractivity contribution in [2.24, 2.45) is 0 Å². The topological polar surface area (TPSA) is 9.23 Å². The average molecular weight is 313 g/mol. The minimum absolute atomic E-state index is 0.0352. The molecule has 2 aromatic carbocycles. The number of benzene rings is 2. The van der Waals surface area contributed by atoms with Gasteiger partial charge in [-0.2, -0.15) is 0 Å². The molecule has 1 unspecified atom stereocenters. The minimum atomic E-state index is -0.336. The first kappa shape index (κ1) is 15.1. The molecule has 1 atom stereocenters. The van der Waals surface area contributed by atoms with Crippen molar-refractivity contribution in [2.45, 2.75) is 12.3 Å². The van der Waals surface area contributed by atoms with E-state index in [1.165, 1.54) is 7.11 Å². The molecule has 20 heavy (non-hydrogen) atoms. The molecule has 0 saturated heterocycles. The Balaban J connectivity index is 2.30. The molecular weight excluding hydrogens is 298 g/mol. The second-order valence-electron chi connectivity index (χ2n) is 4.51. The van der Waals surface area contributed by atoms with Crippen LogP contribution in [0.4, 0.5) is 4.39 Å². The molecule has 106 valence electrons. The number of halogens is 3. The molecule has 2 rings (SSSR count). The zero-order valence-electron chi connectivity index (χ0n) is 11.1. The normalized spacial score (nSPS) is 12.2. The Bertz CT molecular complexity index is 586. The van der Waals surface area contributed by atoms with Gasteiger partial charge in [0, 0.05) is 16.8 Å². The lowest BCUT2D eigenvalue weighted by atomic mass is 9.93. The monoisotopic (exact) mass is 312 g/mol. The predicted molar refractivity (Wildman–Crippen MR) is 81.6 cm³/mol. The summed E-state index contributed by atoms with van der Waals surface area (Å²) in [5, 5.41) is 0.654. The molecule has 4 heteroatoms. The molecular formula is C16H15Cl2FO. The summed E-state index contributed by atoms with van der Waals surface area (Å²) in [5.41, 5.74) is 1.52. The van der Waals surface area contributed by atoms with Crippen molar-refractivity contribution in [3.05, 3.63) is 64.4 Å². The van der Waals surface area contributed by atoms with Gasteiger partial charge in [-0.3, -0.25) is 0 Å². The summed E-state index contributed by atoms with van der Waals surface area (Å²) in [4.78, 5) is 0. The number of hydrogen-bond donors (Lipinski definition) is 0. The first-order valence-electron chi connectivity index (χ1n) is 6.29. The van der Waals surface area contributed by atoms with Crippen molar-refractivity contribution in [1.82, 2.24) is 0 Å². The van der Waals surface area contributed by atoms with Gasteiger partial charge in [0.1, 0.15) is 0 Å². The molecule has 0 spiro atoms. The van der Waals surface area contributed by atoms with Crippen LogP contribution in [-0.2, 0) is 6.42 Å². The van der Waals surface area contributed by atoms with E-state index in [1.807, 2.05) is 24.3 Å². The van der Waals surface area contributed by atoms with Crippen LogP contribution in [0.15, 0.2) is 42.5 Å². The highest BCUT2D eigenvalue weighted by Crippen LogP contribution is 2.30. The van der Waals surface area contributed by atoms with Crippen LogP contribution in [0, 0.1) is 5.82 Å². The SMILES string of the molecule is COc1cccc(CC(CCl)c2ccccc2Cl)c1F. The number of alkyl halides is 1. The van der Waals surface area contributed by atoms with E-state index in [0.717, 1.165) is 5.56 Å². The number of rotatable bonds is 5. The largest absolute Gasteiger partial charge is 0.494 e. The Morgan fingerprint density at radius 3 is 2.55 bits per heavy atom. The first-order chi connectivity index (χ1) is 9.67. The number of ether oxygens (including phenoxy) is 1. The van der Waals surface area contributed by atoms with Gasteiger partial charge in [0.25, 0.3) is 0 Å². The third-order valence-corrected chi connectivity index (χ3v) is 3.98. The van der Waals surface area contributed by atoms with E-state index >= 15 is 0 Å². The van der Waals surface area contributed by atoms with Crippen molar-refractivity contribution in [3.8, 4) is 5.75 Å². The van der Waals surface area contributed by atoms with Crippen LogP contribution in [0.1, 0.15) is 17.0 Å². The lowest BCUT2D eigenvalue weighted by Gasteiger charge is -2.17.